The maximum absolute atomic E-state index is 5.42. The fourth-order valence-corrected chi connectivity index (χ4v) is 1.83. The predicted molar refractivity (Wildman–Crippen MR) is 74.7 cm³/mol. The molecule has 0 saturated carbocycles. The first-order valence-corrected chi connectivity index (χ1v) is 6.10. The molecule has 2 aromatic rings. The van der Waals surface area contributed by atoms with Crippen LogP contribution in [0.25, 0.3) is 11.3 Å². The van der Waals surface area contributed by atoms with Crippen LogP contribution in [0.3, 0.4) is 0 Å². The minimum Gasteiger partial charge on any atom is -0.494 e. The average Bonchev–Trinajstić information content (AvgIpc) is 2.47. The number of nitrogens with one attached hydrogen (secondary N) is 1. The normalized spacial score (nSPS) is 10.1. The number of ether oxygens (including phenoxy) is 2. The van der Waals surface area contributed by atoms with Crippen LogP contribution in [0, 0.1) is 0 Å². The number of aromatic nitrogens is 2. The van der Waals surface area contributed by atoms with Gasteiger partial charge in [-0.25, -0.2) is 9.97 Å². The zero-order chi connectivity index (χ0) is 13.7. The van der Waals surface area contributed by atoms with Crippen LogP contribution in [0.5, 0.6) is 11.5 Å². The van der Waals surface area contributed by atoms with Gasteiger partial charge in [0.25, 0.3) is 0 Å². The molecule has 1 aromatic carbocycles. The van der Waals surface area contributed by atoms with Crippen LogP contribution in [0.15, 0.2) is 30.6 Å². The lowest BCUT2D eigenvalue weighted by Crippen LogP contribution is -2.00. The van der Waals surface area contributed by atoms with Crippen molar-refractivity contribution in [1.82, 2.24) is 9.97 Å². The second-order valence-corrected chi connectivity index (χ2v) is 3.81. The first-order valence-electron chi connectivity index (χ1n) is 6.10. The van der Waals surface area contributed by atoms with E-state index in [1.807, 2.05) is 31.2 Å². The van der Waals surface area contributed by atoms with Gasteiger partial charge in [0, 0.05) is 12.6 Å². The Balaban J connectivity index is 2.40. The van der Waals surface area contributed by atoms with Gasteiger partial charge in [0.05, 0.1) is 13.7 Å². The van der Waals surface area contributed by atoms with Crippen LogP contribution in [-0.2, 0) is 0 Å². The van der Waals surface area contributed by atoms with E-state index < -0.39 is 0 Å². The number of hydrogen-bond donors (Lipinski definition) is 1. The Hall–Kier alpha value is -2.30. The highest BCUT2D eigenvalue weighted by molar-refractivity contribution is 5.72. The third-order valence-electron chi connectivity index (χ3n) is 2.68. The second kappa shape index (κ2) is 6.04. The van der Waals surface area contributed by atoms with E-state index in [2.05, 4.69) is 15.3 Å². The largest absolute Gasteiger partial charge is 0.494 e. The lowest BCUT2D eigenvalue weighted by atomic mass is 10.1. The predicted octanol–water partition coefficient (Wildman–Crippen LogP) is 2.59. The maximum atomic E-state index is 5.42. The number of rotatable bonds is 5. The van der Waals surface area contributed by atoms with E-state index in [1.165, 1.54) is 6.33 Å². The molecule has 2 rings (SSSR count). The number of benzene rings is 1. The summed E-state index contributed by atoms with van der Waals surface area (Å²) < 4.78 is 10.8. The zero-order valence-electron chi connectivity index (χ0n) is 11.3. The molecule has 0 fully saturated rings. The quantitative estimate of drug-likeness (QED) is 0.894. The summed E-state index contributed by atoms with van der Waals surface area (Å²) >= 11 is 0. The van der Waals surface area contributed by atoms with Gasteiger partial charge in [0.2, 0.25) is 0 Å². The van der Waals surface area contributed by atoms with Crippen molar-refractivity contribution in [2.24, 2.45) is 0 Å². The first-order chi connectivity index (χ1) is 9.30. The van der Waals surface area contributed by atoms with Crippen LogP contribution in [-0.4, -0.2) is 30.7 Å². The Morgan fingerprint density at radius 3 is 2.47 bits per heavy atom. The molecule has 0 amide bonds. The number of nitrogens with zero attached hydrogens (tertiary/aromatic N) is 2. The van der Waals surface area contributed by atoms with Crippen molar-refractivity contribution in [3.63, 3.8) is 0 Å². The highest BCUT2D eigenvalue weighted by Gasteiger charge is 2.12. The summed E-state index contributed by atoms with van der Waals surface area (Å²) in [4.78, 5) is 8.42. The van der Waals surface area contributed by atoms with E-state index in [0.29, 0.717) is 18.2 Å². The van der Waals surface area contributed by atoms with Crippen molar-refractivity contribution in [3.05, 3.63) is 30.6 Å². The molecule has 100 valence electrons. The van der Waals surface area contributed by atoms with Crippen LogP contribution in [0.1, 0.15) is 6.92 Å². The Kier molecular flexibility index (Phi) is 4.18. The first kappa shape index (κ1) is 13.1. The maximum Gasteiger partial charge on any atom is 0.187 e. The Labute approximate surface area is 112 Å². The van der Waals surface area contributed by atoms with Crippen molar-refractivity contribution < 1.29 is 9.47 Å². The number of methoxy groups -OCH3 is 1. The van der Waals surface area contributed by atoms with E-state index in [4.69, 9.17) is 9.47 Å². The zero-order valence-corrected chi connectivity index (χ0v) is 11.3. The van der Waals surface area contributed by atoms with Crippen molar-refractivity contribution >= 4 is 5.82 Å². The SMILES string of the molecule is CCOc1ccc(-c2ncnc(NC)c2OC)cc1. The van der Waals surface area contributed by atoms with Gasteiger partial charge in [0.15, 0.2) is 11.6 Å². The van der Waals surface area contributed by atoms with Crippen LogP contribution in [0.4, 0.5) is 5.82 Å². The minimum atomic E-state index is 0.633. The third kappa shape index (κ3) is 2.76. The van der Waals surface area contributed by atoms with Gasteiger partial charge in [-0.3, -0.25) is 0 Å². The van der Waals surface area contributed by atoms with Gasteiger partial charge in [0.1, 0.15) is 17.8 Å². The van der Waals surface area contributed by atoms with Gasteiger partial charge in [-0.2, -0.15) is 0 Å². The molecule has 0 aliphatic heterocycles. The molecule has 0 unspecified atom stereocenters. The average molecular weight is 259 g/mol. The Bertz CT molecular complexity index is 541. The van der Waals surface area contributed by atoms with E-state index in [9.17, 15) is 0 Å². The molecule has 5 nitrogen and oxygen atoms in total. The van der Waals surface area contributed by atoms with Gasteiger partial charge in [-0.1, -0.05) is 0 Å². The van der Waals surface area contributed by atoms with Crippen molar-refractivity contribution in [1.29, 1.82) is 0 Å². The molecule has 5 heteroatoms. The highest BCUT2D eigenvalue weighted by atomic mass is 16.5. The van der Waals surface area contributed by atoms with E-state index in [0.717, 1.165) is 17.0 Å². The summed E-state index contributed by atoms with van der Waals surface area (Å²) in [5.41, 5.74) is 1.71. The number of hydrogen-bond acceptors (Lipinski definition) is 5. The van der Waals surface area contributed by atoms with Crippen LogP contribution >= 0.6 is 0 Å². The van der Waals surface area contributed by atoms with Crippen LogP contribution < -0.4 is 14.8 Å². The molecule has 0 atom stereocenters. The highest BCUT2D eigenvalue weighted by Crippen LogP contribution is 2.33. The smallest absolute Gasteiger partial charge is 0.187 e. The topological polar surface area (TPSA) is 56.3 Å². The molecular weight excluding hydrogens is 242 g/mol. The Morgan fingerprint density at radius 1 is 1.16 bits per heavy atom. The molecule has 0 aliphatic carbocycles. The number of anilines is 1. The molecule has 0 bridgehead atoms. The molecule has 0 radical (unpaired) electrons. The fourth-order valence-electron chi connectivity index (χ4n) is 1.83. The molecule has 0 spiro atoms. The molecule has 1 N–H and O–H groups in total. The van der Waals surface area contributed by atoms with Crippen LogP contribution in [0.2, 0.25) is 0 Å². The molecule has 1 heterocycles. The summed E-state index contributed by atoms with van der Waals surface area (Å²) in [6, 6.07) is 7.74. The fraction of sp³-hybridized carbons (Fsp3) is 0.286. The molecule has 1 aromatic heterocycles. The van der Waals surface area contributed by atoms with Crippen molar-refractivity contribution in [3.8, 4) is 22.8 Å². The molecule has 0 aliphatic rings. The van der Waals surface area contributed by atoms with Gasteiger partial charge < -0.3 is 14.8 Å². The van der Waals surface area contributed by atoms with Crippen molar-refractivity contribution in [2.45, 2.75) is 6.92 Å². The summed E-state index contributed by atoms with van der Waals surface area (Å²) in [5.74, 6) is 2.14. The summed E-state index contributed by atoms with van der Waals surface area (Å²) in [6.07, 6.45) is 1.51. The minimum absolute atomic E-state index is 0.633. The Morgan fingerprint density at radius 2 is 1.89 bits per heavy atom. The van der Waals surface area contributed by atoms with Gasteiger partial charge >= 0.3 is 0 Å². The van der Waals surface area contributed by atoms with E-state index in [1.54, 1.807) is 14.2 Å². The third-order valence-corrected chi connectivity index (χ3v) is 2.68. The molecular formula is C14H17N3O2. The van der Waals surface area contributed by atoms with Crippen molar-refractivity contribution in [2.75, 3.05) is 26.1 Å². The van der Waals surface area contributed by atoms with E-state index >= 15 is 0 Å². The van der Waals surface area contributed by atoms with Gasteiger partial charge in [-0.05, 0) is 31.2 Å². The molecule has 0 saturated heterocycles. The van der Waals surface area contributed by atoms with Gasteiger partial charge in [-0.15, -0.1) is 0 Å². The second-order valence-electron chi connectivity index (χ2n) is 3.81. The standard InChI is InChI=1S/C14H17N3O2/c1-4-19-11-7-5-10(6-8-11)12-13(18-3)14(15-2)17-9-16-12/h5-9H,4H2,1-3H3,(H,15,16,17). The monoisotopic (exact) mass is 259 g/mol. The lowest BCUT2D eigenvalue weighted by Gasteiger charge is -2.11. The summed E-state index contributed by atoms with van der Waals surface area (Å²) in [7, 11) is 3.41. The molecule has 19 heavy (non-hydrogen) atoms. The lowest BCUT2D eigenvalue weighted by molar-refractivity contribution is 0.340. The summed E-state index contributed by atoms with van der Waals surface area (Å²) in [6.45, 7) is 2.61. The summed E-state index contributed by atoms with van der Waals surface area (Å²) in [5, 5.41) is 2.99. The van der Waals surface area contributed by atoms with E-state index in [-0.39, 0.29) is 0 Å².